The topological polar surface area (TPSA) is 35.6 Å². The summed E-state index contributed by atoms with van der Waals surface area (Å²) in [7, 11) is 0. The number of amides is 1. The van der Waals surface area contributed by atoms with Crippen molar-refractivity contribution in [2.45, 2.75) is 19.8 Å². The minimum absolute atomic E-state index is 0.198. The summed E-state index contributed by atoms with van der Waals surface area (Å²) in [5, 5.41) is 2.85. The average molecular weight is 307 g/mol. The van der Waals surface area contributed by atoms with Crippen molar-refractivity contribution in [3.05, 3.63) is 35.6 Å². The molecule has 2 rings (SSSR count). The van der Waals surface area contributed by atoms with Gasteiger partial charge in [0.05, 0.1) is 0 Å². The summed E-state index contributed by atoms with van der Waals surface area (Å²) in [5.74, 6) is -0.574. The highest BCUT2D eigenvalue weighted by molar-refractivity contribution is 5.94. The van der Waals surface area contributed by atoms with Gasteiger partial charge < -0.3 is 15.1 Å². The molecular formula is C17H26FN3O. The Morgan fingerprint density at radius 1 is 1.18 bits per heavy atom. The molecule has 0 saturated carbocycles. The quantitative estimate of drug-likeness (QED) is 0.782. The summed E-state index contributed by atoms with van der Waals surface area (Å²) in [6.07, 6.45) is 2.03. The van der Waals surface area contributed by atoms with Crippen molar-refractivity contribution in [3.63, 3.8) is 0 Å². The van der Waals surface area contributed by atoms with E-state index in [1.54, 1.807) is 12.1 Å². The van der Waals surface area contributed by atoms with Gasteiger partial charge in [0.15, 0.2) is 0 Å². The number of hydrogen-bond acceptors (Lipinski definition) is 3. The van der Waals surface area contributed by atoms with E-state index in [9.17, 15) is 9.18 Å². The van der Waals surface area contributed by atoms with Gasteiger partial charge in [-0.3, -0.25) is 4.79 Å². The highest BCUT2D eigenvalue weighted by Crippen LogP contribution is 2.04. The molecule has 0 atom stereocenters. The second-order valence-corrected chi connectivity index (χ2v) is 5.75. The molecule has 4 nitrogen and oxygen atoms in total. The van der Waals surface area contributed by atoms with Gasteiger partial charge in [-0.05, 0) is 44.1 Å². The van der Waals surface area contributed by atoms with Crippen molar-refractivity contribution in [1.82, 2.24) is 15.1 Å². The Morgan fingerprint density at radius 2 is 1.91 bits per heavy atom. The third-order valence-electron chi connectivity index (χ3n) is 4.19. The van der Waals surface area contributed by atoms with Crippen LogP contribution in [0, 0.1) is 5.82 Å². The van der Waals surface area contributed by atoms with Gasteiger partial charge >= 0.3 is 0 Å². The van der Waals surface area contributed by atoms with Gasteiger partial charge in [0.25, 0.3) is 5.91 Å². The molecule has 1 N–H and O–H groups in total. The van der Waals surface area contributed by atoms with Gasteiger partial charge in [0.1, 0.15) is 5.82 Å². The minimum atomic E-state index is -0.376. The molecule has 1 heterocycles. The lowest BCUT2D eigenvalue weighted by atomic mass is 10.2. The Balaban J connectivity index is 1.57. The third-order valence-corrected chi connectivity index (χ3v) is 4.19. The van der Waals surface area contributed by atoms with Crippen LogP contribution in [0.3, 0.4) is 0 Å². The summed E-state index contributed by atoms with van der Waals surface area (Å²) >= 11 is 0. The van der Waals surface area contributed by atoms with Crippen LogP contribution in [0.5, 0.6) is 0 Å². The molecule has 1 fully saturated rings. The number of benzene rings is 1. The van der Waals surface area contributed by atoms with Crippen molar-refractivity contribution < 1.29 is 9.18 Å². The zero-order valence-corrected chi connectivity index (χ0v) is 13.4. The Kier molecular flexibility index (Phi) is 6.80. The van der Waals surface area contributed by atoms with E-state index in [0.717, 1.165) is 52.1 Å². The van der Waals surface area contributed by atoms with Crippen molar-refractivity contribution in [3.8, 4) is 0 Å². The number of carbonyl (C=O) groups is 1. The maximum Gasteiger partial charge on any atom is 0.251 e. The molecule has 122 valence electrons. The zero-order valence-electron chi connectivity index (χ0n) is 13.4. The van der Waals surface area contributed by atoms with E-state index in [0.29, 0.717) is 12.1 Å². The van der Waals surface area contributed by atoms with E-state index in [2.05, 4.69) is 22.0 Å². The summed E-state index contributed by atoms with van der Waals surface area (Å²) in [5.41, 5.74) is 0.385. The van der Waals surface area contributed by atoms with Crippen LogP contribution < -0.4 is 5.32 Å². The summed E-state index contributed by atoms with van der Waals surface area (Å²) in [6, 6.07) is 5.80. The Morgan fingerprint density at radius 3 is 2.59 bits per heavy atom. The second-order valence-electron chi connectivity index (χ2n) is 5.75. The molecule has 0 aromatic heterocycles. The monoisotopic (exact) mass is 307 g/mol. The van der Waals surface area contributed by atoms with Gasteiger partial charge in [0.2, 0.25) is 0 Å². The predicted molar refractivity (Wildman–Crippen MR) is 86.5 cm³/mol. The normalized spacial score (nSPS) is 16.6. The van der Waals surface area contributed by atoms with E-state index in [1.807, 2.05) is 0 Å². The number of piperazine rings is 1. The molecule has 0 aliphatic carbocycles. The van der Waals surface area contributed by atoms with E-state index in [-0.39, 0.29) is 11.7 Å². The molecule has 1 aliphatic rings. The number of hydrogen-bond donors (Lipinski definition) is 1. The lowest BCUT2D eigenvalue weighted by molar-refractivity contribution is 0.0951. The molecule has 22 heavy (non-hydrogen) atoms. The number of unbranched alkanes of at least 4 members (excludes halogenated alkanes) is 1. The van der Waals surface area contributed by atoms with Crippen LogP contribution >= 0.6 is 0 Å². The fourth-order valence-electron chi connectivity index (χ4n) is 2.72. The van der Waals surface area contributed by atoms with E-state index in [4.69, 9.17) is 0 Å². The van der Waals surface area contributed by atoms with E-state index < -0.39 is 0 Å². The Hall–Kier alpha value is -1.46. The number of carbonyl (C=O) groups excluding carboxylic acids is 1. The van der Waals surface area contributed by atoms with Crippen LogP contribution in [0.2, 0.25) is 0 Å². The smallest absolute Gasteiger partial charge is 0.251 e. The highest BCUT2D eigenvalue weighted by atomic mass is 19.1. The maximum absolute atomic E-state index is 13.0. The largest absolute Gasteiger partial charge is 0.352 e. The van der Waals surface area contributed by atoms with Crippen LogP contribution in [-0.4, -0.2) is 61.5 Å². The van der Waals surface area contributed by atoms with Crippen molar-refractivity contribution in [1.29, 1.82) is 0 Å². The molecule has 0 unspecified atom stereocenters. The lowest BCUT2D eigenvalue weighted by Crippen LogP contribution is -2.46. The molecule has 1 amide bonds. The molecule has 1 aromatic rings. The molecule has 0 radical (unpaired) electrons. The summed E-state index contributed by atoms with van der Waals surface area (Å²) in [6.45, 7) is 9.68. The molecule has 1 aromatic carbocycles. The fraction of sp³-hybridized carbons (Fsp3) is 0.588. The minimum Gasteiger partial charge on any atom is -0.352 e. The third kappa shape index (κ3) is 5.39. The number of nitrogens with one attached hydrogen (secondary N) is 1. The molecule has 0 bridgehead atoms. The van der Waals surface area contributed by atoms with E-state index >= 15 is 0 Å². The van der Waals surface area contributed by atoms with Crippen LogP contribution in [-0.2, 0) is 0 Å². The summed E-state index contributed by atoms with van der Waals surface area (Å²) in [4.78, 5) is 16.8. The first kappa shape index (κ1) is 16.9. The summed E-state index contributed by atoms with van der Waals surface area (Å²) < 4.78 is 13.0. The van der Waals surface area contributed by atoms with Crippen molar-refractivity contribution in [2.24, 2.45) is 0 Å². The molecular weight excluding hydrogens is 281 g/mol. The molecule has 5 heteroatoms. The van der Waals surface area contributed by atoms with E-state index in [1.165, 1.54) is 12.1 Å². The average Bonchev–Trinajstić information content (AvgIpc) is 2.55. The standard InChI is InChI=1S/C17H26FN3O/c1-2-20-10-12-21(13-11-20)9-4-3-8-19-17(22)15-6-5-7-16(18)14-15/h5-7,14H,2-4,8-13H2,1H3,(H,19,22). The van der Waals surface area contributed by atoms with Crippen molar-refractivity contribution >= 4 is 5.91 Å². The number of likely N-dealkylation sites (N-methyl/N-ethyl adjacent to an activating group) is 1. The van der Waals surface area contributed by atoms with Gasteiger partial charge in [-0.25, -0.2) is 4.39 Å². The Labute approximate surface area is 132 Å². The lowest BCUT2D eigenvalue weighted by Gasteiger charge is -2.33. The number of nitrogens with zero attached hydrogens (tertiary/aromatic N) is 2. The van der Waals surface area contributed by atoms with Crippen LogP contribution in [0.4, 0.5) is 4.39 Å². The van der Waals surface area contributed by atoms with Crippen LogP contribution in [0.1, 0.15) is 30.1 Å². The van der Waals surface area contributed by atoms with Gasteiger partial charge in [-0.15, -0.1) is 0 Å². The zero-order chi connectivity index (χ0) is 15.8. The molecule has 0 spiro atoms. The van der Waals surface area contributed by atoms with Gasteiger partial charge in [-0.1, -0.05) is 13.0 Å². The first-order valence-electron chi connectivity index (χ1n) is 8.17. The number of rotatable bonds is 7. The van der Waals surface area contributed by atoms with Crippen LogP contribution in [0.25, 0.3) is 0 Å². The number of halogens is 1. The SMILES string of the molecule is CCN1CCN(CCCCNC(=O)c2cccc(F)c2)CC1. The second kappa shape index (κ2) is 8.86. The first-order chi connectivity index (χ1) is 10.7. The molecule has 1 aliphatic heterocycles. The van der Waals surface area contributed by atoms with Crippen molar-refractivity contribution in [2.75, 3.05) is 45.8 Å². The fourth-order valence-corrected chi connectivity index (χ4v) is 2.72. The highest BCUT2D eigenvalue weighted by Gasteiger charge is 2.14. The maximum atomic E-state index is 13.0. The van der Waals surface area contributed by atoms with Gasteiger partial charge in [0, 0.05) is 38.3 Å². The molecule has 1 saturated heterocycles. The van der Waals surface area contributed by atoms with Crippen LogP contribution in [0.15, 0.2) is 24.3 Å². The first-order valence-corrected chi connectivity index (χ1v) is 8.17. The van der Waals surface area contributed by atoms with Gasteiger partial charge in [-0.2, -0.15) is 0 Å². The predicted octanol–water partition coefficient (Wildman–Crippen LogP) is 1.97. The Bertz CT molecular complexity index is 473.